The summed E-state index contributed by atoms with van der Waals surface area (Å²) in [7, 11) is -1.16. The van der Waals surface area contributed by atoms with Crippen LogP contribution >= 0.6 is 15.9 Å². The van der Waals surface area contributed by atoms with Crippen molar-refractivity contribution < 1.29 is 28.9 Å². The fraction of sp³-hybridized carbons (Fsp3) is 0.464. The molecular weight excluding hydrogens is 596 g/mol. The Labute approximate surface area is 243 Å². The van der Waals surface area contributed by atoms with Gasteiger partial charge in [-0.3, -0.25) is 4.79 Å². The molecule has 216 valence electrons. The van der Waals surface area contributed by atoms with Crippen molar-refractivity contribution in [2.75, 3.05) is 19.8 Å². The Bertz CT molecular complexity index is 1300. The summed E-state index contributed by atoms with van der Waals surface area (Å²) >= 11 is 3.64. The monoisotopic (exact) mass is 632 g/mol. The highest BCUT2D eigenvalue weighted by Crippen LogP contribution is 2.35. The summed E-state index contributed by atoms with van der Waals surface area (Å²) in [6.07, 6.45) is 4.05. The van der Waals surface area contributed by atoms with Crippen LogP contribution in [0, 0.1) is 0 Å². The first-order valence-corrected chi connectivity index (χ1v) is 17.9. The third-order valence-electron chi connectivity index (χ3n) is 6.67. The van der Waals surface area contributed by atoms with Crippen LogP contribution < -0.4 is 15.4 Å². The van der Waals surface area contributed by atoms with E-state index in [1.165, 1.54) is 0 Å². The zero-order valence-corrected chi connectivity index (χ0v) is 25.7. The smallest absolute Gasteiger partial charge is 0.405 e. The number of carboxylic acid groups (broad SMARTS) is 1. The highest BCUT2D eigenvalue weighted by atomic mass is 79.9. The summed E-state index contributed by atoms with van der Waals surface area (Å²) in [5.74, 6) is 0.913. The number of pyridine rings is 1. The molecule has 3 aromatic rings. The van der Waals surface area contributed by atoms with Crippen molar-refractivity contribution in [3.63, 3.8) is 0 Å². The van der Waals surface area contributed by atoms with Gasteiger partial charge in [-0.2, -0.15) is 0 Å². The lowest BCUT2D eigenvalue weighted by Crippen LogP contribution is -2.51. The number of fused-ring (bicyclic) bond motifs is 1. The van der Waals surface area contributed by atoms with Crippen molar-refractivity contribution in [3.05, 3.63) is 52.8 Å². The van der Waals surface area contributed by atoms with Crippen molar-refractivity contribution in [2.24, 2.45) is 0 Å². The van der Waals surface area contributed by atoms with E-state index < -0.39 is 20.2 Å². The van der Waals surface area contributed by atoms with Gasteiger partial charge in [0, 0.05) is 57.2 Å². The second-order valence-electron chi connectivity index (χ2n) is 11.1. The summed E-state index contributed by atoms with van der Waals surface area (Å²) in [5, 5.41) is 15.4. The lowest BCUT2D eigenvalue weighted by Gasteiger charge is -2.25. The van der Waals surface area contributed by atoms with Gasteiger partial charge in [0.15, 0.2) is 0 Å². The lowest BCUT2D eigenvalue weighted by molar-refractivity contribution is -0.124. The SMILES string of the molecule is C[Si](C)(C)CCOCn1cc(Br)c2c(Oc3ccc(CC(NC(=O)O)C(=O)NC4CCOCC4)cc3)ccnc21. The van der Waals surface area contributed by atoms with Crippen LogP contribution in [0.3, 0.4) is 0 Å². The number of amides is 2. The van der Waals surface area contributed by atoms with Gasteiger partial charge in [0.05, 0.1) is 5.39 Å². The normalized spacial score (nSPS) is 15.1. The van der Waals surface area contributed by atoms with E-state index in [1.807, 2.05) is 29.0 Å². The van der Waals surface area contributed by atoms with Crippen molar-refractivity contribution in [1.82, 2.24) is 20.2 Å². The maximum atomic E-state index is 12.8. The van der Waals surface area contributed by atoms with Crippen LogP contribution in [0.5, 0.6) is 11.5 Å². The summed E-state index contributed by atoms with van der Waals surface area (Å²) in [4.78, 5) is 28.7. The topological polar surface area (TPSA) is 124 Å². The fourth-order valence-electron chi connectivity index (χ4n) is 4.42. The van der Waals surface area contributed by atoms with Gasteiger partial charge < -0.3 is 34.5 Å². The third-order valence-corrected chi connectivity index (χ3v) is 8.98. The minimum absolute atomic E-state index is 0.0155. The maximum absolute atomic E-state index is 12.8. The van der Waals surface area contributed by atoms with Gasteiger partial charge in [0.25, 0.3) is 0 Å². The Hall–Kier alpha value is -2.93. The van der Waals surface area contributed by atoms with Crippen LogP contribution in [0.25, 0.3) is 11.0 Å². The molecule has 1 saturated heterocycles. The van der Waals surface area contributed by atoms with E-state index >= 15 is 0 Å². The molecule has 1 aliphatic heterocycles. The number of nitrogens with zero attached hydrogens (tertiary/aromatic N) is 2. The minimum atomic E-state index is -1.24. The molecule has 1 atom stereocenters. The number of benzene rings is 1. The number of rotatable bonds is 12. The number of ether oxygens (including phenoxy) is 3. The minimum Gasteiger partial charge on any atom is -0.465 e. The predicted octanol–water partition coefficient (Wildman–Crippen LogP) is 5.38. The van der Waals surface area contributed by atoms with Crippen LogP contribution in [-0.4, -0.2) is 66.6 Å². The number of nitrogens with one attached hydrogen (secondary N) is 2. The number of hydrogen-bond donors (Lipinski definition) is 3. The number of hydrogen-bond acceptors (Lipinski definition) is 6. The van der Waals surface area contributed by atoms with E-state index in [0.29, 0.717) is 44.3 Å². The number of carbonyl (C=O) groups is 2. The molecule has 0 radical (unpaired) electrons. The van der Waals surface area contributed by atoms with Crippen molar-refractivity contribution >= 4 is 47.0 Å². The van der Waals surface area contributed by atoms with E-state index in [0.717, 1.165) is 33.7 Å². The fourth-order valence-corrected chi connectivity index (χ4v) is 5.80. The van der Waals surface area contributed by atoms with Crippen LogP contribution in [-0.2, 0) is 27.4 Å². The molecule has 3 N–H and O–H groups in total. The zero-order chi connectivity index (χ0) is 28.7. The van der Waals surface area contributed by atoms with Gasteiger partial charge in [-0.25, -0.2) is 9.78 Å². The Morgan fingerprint density at radius 3 is 2.60 bits per heavy atom. The molecule has 0 spiro atoms. The molecule has 2 aromatic heterocycles. The molecule has 1 unspecified atom stereocenters. The Morgan fingerprint density at radius 2 is 1.93 bits per heavy atom. The van der Waals surface area contributed by atoms with Gasteiger partial charge >= 0.3 is 6.09 Å². The summed E-state index contributed by atoms with van der Waals surface area (Å²) < 4.78 is 20.3. The van der Waals surface area contributed by atoms with Crippen molar-refractivity contribution in [2.45, 2.75) is 63.8 Å². The van der Waals surface area contributed by atoms with Gasteiger partial charge in [-0.15, -0.1) is 0 Å². The second kappa shape index (κ2) is 13.6. The summed E-state index contributed by atoms with van der Waals surface area (Å²) in [6.45, 7) is 9.27. The first kappa shape index (κ1) is 30.0. The van der Waals surface area contributed by atoms with E-state index in [-0.39, 0.29) is 18.4 Å². The van der Waals surface area contributed by atoms with Crippen LogP contribution in [0.1, 0.15) is 18.4 Å². The standard InChI is InChI=1S/C28H37BrN4O6Si/c1-40(2,3)15-14-38-18-33-17-22(29)25-24(8-11-30-26(25)33)39-21-6-4-19(5-7-21)16-23(32-28(35)36)27(34)31-20-9-12-37-13-10-20/h4-8,11,17,20,23,32H,9-10,12-16,18H2,1-3H3,(H,31,34)(H,35,36). The van der Waals surface area contributed by atoms with Gasteiger partial charge in [0.1, 0.15) is 29.9 Å². The Kier molecular flexibility index (Phi) is 10.2. The van der Waals surface area contributed by atoms with E-state index in [9.17, 15) is 14.7 Å². The maximum Gasteiger partial charge on any atom is 0.405 e. The predicted molar refractivity (Wildman–Crippen MR) is 159 cm³/mol. The molecule has 12 heteroatoms. The molecule has 0 bridgehead atoms. The Balaban J connectivity index is 1.41. The number of carbonyl (C=O) groups excluding carboxylic acids is 1. The third kappa shape index (κ3) is 8.53. The highest BCUT2D eigenvalue weighted by Gasteiger charge is 2.25. The molecule has 10 nitrogen and oxygen atoms in total. The second-order valence-corrected chi connectivity index (χ2v) is 17.6. The molecule has 1 aromatic carbocycles. The quantitative estimate of drug-likeness (QED) is 0.181. The summed E-state index contributed by atoms with van der Waals surface area (Å²) in [5.41, 5.74) is 1.56. The first-order valence-electron chi connectivity index (χ1n) is 13.4. The van der Waals surface area contributed by atoms with E-state index in [4.69, 9.17) is 14.2 Å². The Morgan fingerprint density at radius 1 is 1.20 bits per heavy atom. The molecule has 0 aliphatic carbocycles. The average Bonchev–Trinajstić information content (AvgIpc) is 3.23. The van der Waals surface area contributed by atoms with Gasteiger partial charge in [-0.1, -0.05) is 31.8 Å². The summed E-state index contributed by atoms with van der Waals surface area (Å²) in [6, 6.07) is 9.26. The van der Waals surface area contributed by atoms with Crippen molar-refractivity contribution in [3.8, 4) is 11.5 Å². The number of aromatic nitrogens is 2. The van der Waals surface area contributed by atoms with Crippen LogP contribution in [0.15, 0.2) is 47.2 Å². The molecule has 2 amide bonds. The number of halogens is 1. The average molecular weight is 634 g/mol. The molecule has 3 heterocycles. The van der Waals surface area contributed by atoms with Crippen LogP contribution in [0.2, 0.25) is 25.7 Å². The van der Waals surface area contributed by atoms with Crippen LogP contribution in [0.4, 0.5) is 4.79 Å². The molecule has 1 aliphatic rings. The molecule has 1 fully saturated rings. The zero-order valence-electron chi connectivity index (χ0n) is 23.1. The van der Waals surface area contributed by atoms with Gasteiger partial charge in [-0.05, 0) is 58.6 Å². The molecule has 40 heavy (non-hydrogen) atoms. The van der Waals surface area contributed by atoms with Crippen molar-refractivity contribution in [1.29, 1.82) is 0 Å². The highest BCUT2D eigenvalue weighted by molar-refractivity contribution is 9.10. The first-order chi connectivity index (χ1) is 19.1. The molecule has 4 rings (SSSR count). The lowest BCUT2D eigenvalue weighted by atomic mass is 10.0. The van der Waals surface area contributed by atoms with Gasteiger partial charge in [0.2, 0.25) is 5.91 Å². The van der Waals surface area contributed by atoms with E-state index in [1.54, 1.807) is 18.3 Å². The van der Waals surface area contributed by atoms with E-state index in [2.05, 4.69) is 51.2 Å². The molecular formula is C28H37BrN4O6Si. The largest absolute Gasteiger partial charge is 0.465 e. The molecule has 0 saturated carbocycles.